The fraction of sp³-hybridized carbons (Fsp3) is 0.250. The van der Waals surface area contributed by atoms with E-state index >= 15 is 0 Å². The molecular formula is C24H18Cl2FN3O4. The summed E-state index contributed by atoms with van der Waals surface area (Å²) in [7, 11) is 0. The number of aromatic nitrogens is 2. The number of hydrogen-bond donors (Lipinski definition) is 0. The van der Waals surface area contributed by atoms with Gasteiger partial charge in [-0.25, -0.2) is 9.29 Å². The fourth-order valence-electron chi connectivity index (χ4n) is 4.12. The van der Waals surface area contributed by atoms with Crippen LogP contribution in [0.2, 0.25) is 10.0 Å². The molecule has 0 atom stereocenters. The molecule has 5 rings (SSSR count). The van der Waals surface area contributed by atoms with Crippen molar-refractivity contribution in [2.24, 2.45) is 0 Å². The number of aryl methyl sites for hydroxylation is 1. The van der Waals surface area contributed by atoms with Crippen molar-refractivity contribution in [2.45, 2.75) is 39.2 Å². The van der Waals surface area contributed by atoms with Crippen molar-refractivity contribution in [2.75, 3.05) is 4.90 Å². The summed E-state index contributed by atoms with van der Waals surface area (Å²) in [6.45, 7) is 1.75. The summed E-state index contributed by atoms with van der Waals surface area (Å²) in [5, 5.41) is 4.37. The third-order valence-corrected chi connectivity index (χ3v) is 6.43. The van der Waals surface area contributed by atoms with E-state index in [-0.39, 0.29) is 29.0 Å². The predicted octanol–water partition coefficient (Wildman–Crippen LogP) is 5.81. The van der Waals surface area contributed by atoms with E-state index in [9.17, 15) is 14.0 Å². The van der Waals surface area contributed by atoms with Crippen LogP contribution in [0, 0.1) is 12.7 Å². The molecular weight excluding hydrogens is 484 g/mol. The van der Waals surface area contributed by atoms with E-state index in [1.54, 1.807) is 12.1 Å². The zero-order valence-electron chi connectivity index (χ0n) is 18.0. The largest absolute Gasteiger partial charge is 0.482 e. The Balaban J connectivity index is 1.37. The number of anilines is 1. The maximum atomic E-state index is 14.8. The zero-order chi connectivity index (χ0) is 24.0. The second-order valence-electron chi connectivity index (χ2n) is 8.13. The molecule has 0 saturated carbocycles. The number of halogens is 3. The maximum Gasteiger partial charge on any atom is 0.264 e. The van der Waals surface area contributed by atoms with Crippen molar-refractivity contribution >= 4 is 40.7 Å². The Bertz CT molecular complexity index is 1340. The molecule has 34 heavy (non-hydrogen) atoms. The standard InChI is InChI=1S/C24H18Cl2FN3O4/c1-12-6-7-15(16(25)8-12)22-28-21(34-29-22)11-33-20-10-19(18(27)9-17(20)26)30-23(31)13-4-2-3-5-14(13)24(30)32/h6-10H,2-5,11H2,1H3. The van der Waals surface area contributed by atoms with Gasteiger partial charge in [0.2, 0.25) is 5.82 Å². The van der Waals surface area contributed by atoms with Crippen molar-refractivity contribution in [1.29, 1.82) is 0 Å². The highest BCUT2D eigenvalue weighted by Crippen LogP contribution is 2.39. The lowest BCUT2D eigenvalue weighted by Crippen LogP contribution is -2.32. The normalized spacial score (nSPS) is 15.8. The first-order valence-corrected chi connectivity index (χ1v) is 11.4. The van der Waals surface area contributed by atoms with Gasteiger partial charge in [0.05, 0.1) is 15.7 Å². The SMILES string of the molecule is Cc1ccc(-c2noc(COc3cc(N4C(=O)C5=C(CCCC5)C4=O)c(F)cc3Cl)n2)c(Cl)c1. The number of carbonyl (C=O) groups is 2. The summed E-state index contributed by atoms with van der Waals surface area (Å²) in [5.74, 6) is -1.30. The van der Waals surface area contributed by atoms with Gasteiger partial charge < -0.3 is 9.26 Å². The van der Waals surface area contributed by atoms with Gasteiger partial charge in [-0.1, -0.05) is 34.4 Å². The molecule has 0 saturated heterocycles. The third kappa shape index (κ3) is 3.97. The molecule has 2 aliphatic rings. The minimum atomic E-state index is -0.798. The lowest BCUT2D eigenvalue weighted by atomic mass is 9.93. The summed E-state index contributed by atoms with van der Waals surface area (Å²) < 4.78 is 25.7. The number of carbonyl (C=O) groups excluding carboxylic acids is 2. The third-order valence-electron chi connectivity index (χ3n) is 5.82. The molecule has 2 aromatic carbocycles. The van der Waals surface area contributed by atoms with Gasteiger partial charge in [0.15, 0.2) is 6.61 Å². The smallest absolute Gasteiger partial charge is 0.264 e. The van der Waals surface area contributed by atoms with Crippen LogP contribution in [0.1, 0.15) is 37.1 Å². The van der Waals surface area contributed by atoms with Gasteiger partial charge in [0, 0.05) is 22.8 Å². The lowest BCUT2D eigenvalue weighted by molar-refractivity contribution is -0.120. The fourth-order valence-corrected chi connectivity index (χ4v) is 4.65. The molecule has 10 heteroatoms. The number of ether oxygens (including phenoxy) is 1. The molecule has 1 aromatic heterocycles. The number of hydrogen-bond acceptors (Lipinski definition) is 6. The molecule has 3 aromatic rings. The number of nitrogens with zero attached hydrogens (tertiary/aromatic N) is 3. The van der Waals surface area contributed by atoms with Gasteiger partial charge >= 0.3 is 0 Å². The monoisotopic (exact) mass is 501 g/mol. The summed E-state index contributed by atoms with van der Waals surface area (Å²) in [6, 6.07) is 7.70. The van der Waals surface area contributed by atoms with Gasteiger partial charge in [-0.2, -0.15) is 4.98 Å². The number of rotatable bonds is 5. The van der Waals surface area contributed by atoms with Crippen LogP contribution in [0.3, 0.4) is 0 Å². The Labute approximate surface area is 204 Å². The first-order valence-electron chi connectivity index (χ1n) is 10.6. The molecule has 2 amide bonds. The van der Waals surface area contributed by atoms with Gasteiger partial charge in [0.25, 0.3) is 17.7 Å². The van der Waals surface area contributed by atoms with Crippen LogP contribution in [0.5, 0.6) is 5.75 Å². The maximum absolute atomic E-state index is 14.8. The molecule has 0 fully saturated rings. The van der Waals surface area contributed by atoms with E-state index < -0.39 is 17.6 Å². The van der Waals surface area contributed by atoms with Gasteiger partial charge in [0.1, 0.15) is 11.6 Å². The molecule has 174 valence electrons. The molecule has 0 N–H and O–H groups in total. The lowest BCUT2D eigenvalue weighted by Gasteiger charge is -2.18. The van der Waals surface area contributed by atoms with E-state index in [4.69, 9.17) is 32.5 Å². The Morgan fingerprint density at radius 3 is 2.44 bits per heavy atom. The van der Waals surface area contributed by atoms with Crippen molar-refractivity contribution < 1.29 is 23.2 Å². The second kappa shape index (κ2) is 8.85. The van der Waals surface area contributed by atoms with Crippen LogP contribution in [0.4, 0.5) is 10.1 Å². The Kier molecular flexibility index (Phi) is 5.87. The quantitative estimate of drug-likeness (QED) is 0.409. The molecule has 1 aliphatic carbocycles. The molecule has 1 aliphatic heterocycles. The van der Waals surface area contributed by atoms with Crippen LogP contribution in [-0.2, 0) is 16.2 Å². The topological polar surface area (TPSA) is 85.5 Å². The molecule has 0 bridgehead atoms. The number of amides is 2. The van der Waals surface area contributed by atoms with E-state index in [1.165, 1.54) is 6.07 Å². The van der Waals surface area contributed by atoms with Crippen LogP contribution in [0.25, 0.3) is 11.4 Å². The van der Waals surface area contributed by atoms with Crippen molar-refractivity contribution in [3.05, 3.63) is 68.8 Å². The molecule has 0 unspecified atom stereocenters. The van der Waals surface area contributed by atoms with Gasteiger partial charge in [-0.05, 0) is 56.4 Å². The van der Waals surface area contributed by atoms with E-state index in [0.29, 0.717) is 40.4 Å². The van der Waals surface area contributed by atoms with Crippen LogP contribution in [0.15, 0.2) is 46.0 Å². The minimum absolute atomic E-state index is 0.0283. The second-order valence-corrected chi connectivity index (χ2v) is 8.94. The van der Waals surface area contributed by atoms with E-state index in [2.05, 4.69) is 10.1 Å². The van der Waals surface area contributed by atoms with Gasteiger partial charge in [-0.3, -0.25) is 9.59 Å². The van der Waals surface area contributed by atoms with Crippen molar-refractivity contribution in [3.8, 4) is 17.1 Å². The van der Waals surface area contributed by atoms with E-state index in [0.717, 1.165) is 29.4 Å². The summed E-state index contributed by atoms with van der Waals surface area (Å²) in [4.78, 5) is 30.8. The first-order chi connectivity index (χ1) is 16.3. The highest BCUT2D eigenvalue weighted by Gasteiger charge is 2.41. The molecule has 0 spiro atoms. The average Bonchev–Trinajstić information content (AvgIpc) is 3.37. The number of imide groups is 1. The van der Waals surface area contributed by atoms with Crippen molar-refractivity contribution in [3.63, 3.8) is 0 Å². The van der Waals surface area contributed by atoms with Crippen LogP contribution in [-0.4, -0.2) is 22.0 Å². The van der Waals surface area contributed by atoms with Gasteiger partial charge in [-0.15, -0.1) is 0 Å². The summed E-state index contributed by atoms with van der Waals surface area (Å²) >= 11 is 12.4. The van der Waals surface area contributed by atoms with Crippen LogP contribution >= 0.6 is 23.2 Å². The molecule has 7 nitrogen and oxygen atoms in total. The predicted molar refractivity (Wildman–Crippen MR) is 123 cm³/mol. The minimum Gasteiger partial charge on any atom is -0.482 e. The van der Waals surface area contributed by atoms with E-state index in [1.807, 2.05) is 13.0 Å². The Morgan fingerprint density at radius 1 is 1.06 bits per heavy atom. The first kappa shape index (κ1) is 22.6. The molecule has 2 heterocycles. The highest BCUT2D eigenvalue weighted by atomic mass is 35.5. The van der Waals surface area contributed by atoms with Crippen molar-refractivity contribution in [1.82, 2.24) is 10.1 Å². The average molecular weight is 502 g/mol. The van der Waals surface area contributed by atoms with Crippen LogP contribution < -0.4 is 9.64 Å². The summed E-state index contributed by atoms with van der Waals surface area (Å²) in [6.07, 6.45) is 2.67. The zero-order valence-corrected chi connectivity index (χ0v) is 19.5. The highest BCUT2D eigenvalue weighted by molar-refractivity contribution is 6.34. The Hall–Kier alpha value is -3.23. The molecule has 0 radical (unpaired) electrons. The number of benzene rings is 2. The summed E-state index contributed by atoms with van der Waals surface area (Å²) in [5.41, 5.74) is 2.31. The Morgan fingerprint density at radius 2 is 1.76 bits per heavy atom.